The van der Waals surface area contributed by atoms with Crippen LogP contribution in [-0.4, -0.2) is 23.9 Å². The number of para-hydroxylation sites is 1. The fraction of sp³-hybridized carbons (Fsp3) is 0.130. The van der Waals surface area contributed by atoms with E-state index in [0.717, 1.165) is 22.5 Å². The number of rotatable bonds is 5. The van der Waals surface area contributed by atoms with E-state index in [4.69, 9.17) is 5.14 Å². The van der Waals surface area contributed by atoms with Crippen molar-refractivity contribution in [3.05, 3.63) is 89.7 Å². The Kier molecular flexibility index (Phi) is 5.34. The van der Waals surface area contributed by atoms with Gasteiger partial charge in [0.1, 0.15) is 5.82 Å². The maximum atomic E-state index is 12.8. The predicted octanol–water partition coefficient (Wildman–Crippen LogP) is 3.47. The first-order valence-corrected chi connectivity index (χ1v) is 11.3. The second-order valence-corrected chi connectivity index (χ2v) is 8.91. The number of nitrogens with one attached hydrogen (secondary N) is 1. The van der Waals surface area contributed by atoms with E-state index in [9.17, 15) is 13.2 Å². The summed E-state index contributed by atoms with van der Waals surface area (Å²) in [5, 5.41) is 8.10. The molecule has 0 aliphatic heterocycles. The number of carbonyl (C=O) groups is 1. The molecule has 1 aromatic heterocycles. The minimum Gasteiger partial charge on any atom is -0.346 e. The number of primary sulfonamides is 1. The molecule has 1 heterocycles. The zero-order valence-corrected chi connectivity index (χ0v) is 17.9. The van der Waals surface area contributed by atoms with Crippen molar-refractivity contribution < 1.29 is 13.2 Å². The monoisotopic (exact) mass is 434 g/mol. The molecule has 0 bridgehead atoms. The quantitative estimate of drug-likeness (QED) is 0.501. The molecule has 1 atom stereocenters. The summed E-state index contributed by atoms with van der Waals surface area (Å²) < 4.78 is 25.2. The molecule has 8 heteroatoms. The molecule has 0 aliphatic carbocycles. The van der Waals surface area contributed by atoms with Gasteiger partial charge in [-0.25, -0.2) is 18.5 Å². The summed E-state index contributed by atoms with van der Waals surface area (Å²) in [6.07, 6.45) is 0. The van der Waals surface area contributed by atoms with Crippen molar-refractivity contribution in [3.63, 3.8) is 0 Å². The van der Waals surface area contributed by atoms with Crippen LogP contribution in [0.4, 0.5) is 0 Å². The smallest absolute Gasteiger partial charge is 0.251 e. The minimum absolute atomic E-state index is 0.00875. The Morgan fingerprint density at radius 2 is 1.77 bits per heavy atom. The van der Waals surface area contributed by atoms with Gasteiger partial charge < -0.3 is 5.32 Å². The standard InChI is InChI=1S/C23H22N4O3S/c1-15(17-7-6-10-20(13-17)31(24,29)30)25-23(28)18-11-12-22-21(14-18)26-16(2)27(22)19-8-4-3-5-9-19/h3-15H,1-2H3,(H,25,28)(H2,24,29,30). The number of hydrogen-bond donors (Lipinski definition) is 2. The first-order chi connectivity index (χ1) is 14.7. The van der Waals surface area contributed by atoms with Gasteiger partial charge in [-0.1, -0.05) is 30.3 Å². The first-order valence-electron chi connectivity index (χ1n) is 9.72. The highest BCUT2D eigenvalue weighted by Crippen LogP contribution is 2.23. The van der Waals surface area contributed by atoms with E-state index in [1.807, 2.05) is 47.9 Å². The second kappa shape index (κ2) is 7.98. The summed E-state index contributed by atoms with van der Waals surface area (Å²) in [5.41, 5.74) is 3.75. The molecule has 4 rings (SSSR count). The van der Waals surface area contributed by atoms with Gasteiger partial charge in [-0.3, -0.25) is 9.36 Å². The molecule has 0 aliphatic rings. The average molecular weight is 435 g/mol. The maximum absolute atomic E-state index is 12.8. The van der Waals surface area contributed by atoms with Gasteiger partial charge in [-0.2, -0.15) is 0 Å². The van der Waals surface area contributed by atoms with Crippen LogP contribution in [-0.2, 0) is 10.0 Å². The summed E-state index contributed by atoms with van der Waals surface area (Å²) in [6.45, 7) is 3.71. The summed E-state index contributed by atoms with van der Waals surface area (Å²) >= 11 is 0. The van der Waals surface area contributed by atoms with Crippen molar-refractivity contribution in [3.8, 4) is 5.69 Å². The number of sulfonamides is 1. The van der Waals surface area contributed by atoms with E-state index in [2.05, 4.69) is 10.3 Å². The molecule has 4 aromatic rings. The van der Waals surface area contributed by atoms with Crippen molar-refractivity contribution in [2.75, 3.05) is 0 Å². The fourth-order valence-corrected chi connectivity index (χ4v) is 4.14. The third kappa shape index (κ3) is 4.21. The molecule has 7 nitrogen and oxygen atoms in total. The number of aromatic nitrogens is 2. The van der Waals surface area contributed by atoms with E-state index in [1.165, 1.54) is 12.1 Å². The van der Waals surface area contributed by atoms with E-state index < -0.39 is 16.1 Å². The summed E-state index contributed by atoms with van der Waals surface area (Å²) in [5.74, 6) is 0.550. The van der Waals surface area contributed by atoms with Crippen LogP contribution in [0.2, 0.25) is 0 Å². The first kappa shape index (κ1) is 20.8. The van der Waals surface area contributed by atoms with Gasteiger partial charge in [0, 0.05) is 11.3 Å². The number of amides is 1. The van der Waals surface area contributed by atoms with Crippen molar-refractivity contribution in [2.24, 2.45) is 5.14 Å². The number of hydrogen-bond acceptors (Lipinski definition) is 4. The van der Waals surface area contributed by atoms with Crippen LogP contribution in [0.5, 0.6) is 0 Å². The summed E-state index contributed by atoms with van der Waals surface area (Å²) in [7, 11) is -3.81. The number of benzene rings is 3. The molecule has 0 saturated heterocycles. The highest BCUT2D eigenvalue weighted by Gasteiger charge is 2.16. The lowest BCUT2D eigenvalue weighted by Crippen LogP contribution is -2.26. The highest BCUT2D eigenvalue weighted by atomic mass is 32.2. The Morgan fingerprint density at radius 1 is 1.03 bits per heavy atom. The third-order valence-corrected chi connectivity index (χ3v) is 6.04. The van der Waals surface area contributed by atoms with Crippen LogP contribution in [0.1, 0.15) is 34.7 Å². The van der Waals surface area contributed by atoms with Crippen molar-refractivity contribution in [1.82, 2.24) is 14.9 Å². The maximum Gasteiger partial charge on any atom is 0.251 e. The summed E-state index contributed by atoms with van der Waals surface area (Å²) in [6, 6.07) is 21.1. The molecular weight excluding hydrogens is 412 g/mol. The minimum atomic E-state index is -3.81. The zero-order valence-electron chi connectivity index (χ0n) is 17.1. The Hall–Kier alpha value is -3.49. The van der Waals surface area contributed by atoms with Gasteiger partial charge >= 0.3 is 0 Å². The predicted molar refractivity (Wildman–Crippen MR) is 120 cm³/mol. The molecular formula is C23H22N4O3S. The van der Waals surface area contributed by atoms with Gasteiger partial charge in [-0.05, 0) is 61.9 Å². The largest absolute Gasteiger partial charge is 0.346 e. The van der Waals surface area contributed by atoms with E-state index in [0.29, 0.717) is 11.1 Å². The van der Waals surface area contributed by atoms with Gasteiger partial charge in [0.15, 0.2) is 0 Å². The highest BCUT2D eigenvalue weighted by molar-refractivity contribution is 7.89. The summed E-state index contributed by atoms with van der Waals surface area (Å²) in [4.78, 5) is 17.4. The molecule has 0 fully saturated rings. The van der Waals surface area contributed by atoms with Crippen LogP contribution in [0.3, 0.4) is 0 Å². The Morgan fingerprint density at radius 3 is 2.48 bits per heavy atom. The van der Waals surface area contributed by atoms with Gasteiger partial charge in [0.2, 0.25) is 10.0 Å². The molecule has 3 N–H and O–H groups in total. The van der Waals surface area contributed by atoms with Crippen LogP contribution in [0.25, 0.3) is 16.7 Å². The molecule has 1 unspecified atom stereocenters. The number of carbonyl (C=O) groups excluding carboxylic acids is 1. The molecule has 0 radical (unpaired) electrons. The topological polar surface area (TPSA) is 107 Å². The molecule has 3 aromatic carbocycles. The molecule has 0 saturated carbocycles. The van der Waals surface area contributed by atoms with Crippen molar-refractivity contribution >= 4 is 27.0 Å². The van der Waals surface area contributed by atoms with Gasteiger partial charge in [-0.15, -0.1) is 0 Å². The molecule has 31 heavy (non-hydrogen) atoms. The average Bonchev–Trinajstić information content (AvgIpc) is 3.08. The number of fused-ring (bicyclic) bond motifs is 1. The SMILES string of the molecule is Cc1nc2cc(C(=O)NC(C)c3cccc(S(N)(=O)=O)c3)ccc2n1-c1ccccc1. The van der Waals surface area contributed by atoms with Crippen LogP contribution >= 0.6 is 0 Å². The lowest BCUT2D eigenvalue weighted by atomic mass is 10.1. The van der Waals surface area contributed by atoms with E-state index in [1.54, 1.807) is 31.2 Å². The van der Waals surface area contributed by atoms with Gasteiger partial charge in [0.25, 0.3) is 5.91 Å². The van der Waals surface area contributed by atoms with Gasteiger partial charge in [0.05, 0.1) is 22.0 Å². The van der Waals surface area contributed by atoms with Crippen molar-refractivity contribution in [2.45, 2.75) is 24.8 Å². The Balaban J connectivity index is 1.60. The Bertz CT molecular complexity index is 1380. The third-order valence-electron chi connectivity index (χ3n) is 5.13. The van der Waals surface area contributed by atoms with E-state index >= 15 is 0 Å². The Labute approximate surface area is 180 Å². The van der Waals surface area contributed by atoms with Crippen LogP contribution < -0.4 is 10.5 Å². The fourth-order valence-electron chi connectivity index (χ4n) is 3.57. The molecule has 1 amide bonds. The van der Waals surface area contributed by atoms with E-state index in [-0.39, 0.29) is 10.8 Å². The number of nitrogens with zero attached hydrogens (tertiary/aromatic N) is 2. The number of nitrogens with two attached hydrogens (primary N) is 1. The molecule has 158 valence electrons. The normalized spacial score (nSPS) is 12.6. The molecule has 0 spiro atoms. The second-order valence-electron chi connectivity index (χ2n) is 7.35. The van der Waals surface area contributed by atoms with Crippen LogP contribution in [0.15, 0.2) is 77.7 Å². The van der Waals surface area contributed by atoms with Crippen molar-refractivity contribution in [1.29, 1.82) is 0 Å². The number of aryl methyl sites for hydroxylation is 1. The van der Waals surface area contributed by atoms with Crippen LogP contribution in [0, 0.1) is 6.92 Å². The zero-order chi connectivity index (χ0) is 22.2. The lowest BCUT2D eigenvalue weighted by molar-refractivity contribution is 0.0940. The number of imidazole rings is 1. The lowest BCUT2D eigenvalue weighted by Gasteiger charge is -2.15.